The highest BCUT2D eigenvalue weighted by molar-refractivity contribution is 7.89. The number of ether oxygens (including phenoxy) is 2. The fraction of sp³-hybridized carbons (Fsp3) is 0.133. The number of methoxy groups -OCH3 is 2. The van der Waals surface area contributed by atoms with Gasteiger partial charge in [0.15, 0.2) is 0 Å². The molecule has 2 aromatic rings. The van der Waals surface area contributed by atoms with Crippen LogP contribution in [-0.4, -0.2) is 28.5 Å². The van der Waals surface area contributed by atoms with Crippen molar-refractivity contribution in [3.8, 4) is 11.5 Å². The summed E-state index contributed by atoms with van der Waals surface area (Å²) < 4.78 is 48.0. The second-order valence-electron chi connectivity index (χ2n) is 4.74. The molecule has 0 aromatic heterocycles. The molecule has 0 fully saturated rings. The Labute approximate surface area is 148 Å². The molecule has 134 valence electrons. The average Bonchev–Trinajstić information content (AvgIpc) is 2.58. The maximum absolute atomic E-state index is 13.7. The van der Waals surface area contributed by atoms with Gasteiger partial charge in [0.2, 0.25) is 0 Å². The molecule has 1 amide bonds. The van der Waals surface area contributed by atoms with Crippen LogP contribution in [0.1, 0.15) is 10.4 Å². The lowest BCUT2D eigenvalue weighted by atomic mass is 10.2. The van der Waals surface area contributed by atoms with Gasteiger partial charge in [-0.1, -0.05) is 11.6 Å². The molecule has 0 aliphatic carbocycles. The van der Waals surface area contributed by atoms with Crippen LogP contribution in [0.3, 0.4) is 0 Å². The molecule has 10 heteroatoms. The molecule has 7 nitrogen and oxygen atoms in total. The summed E-state index contributed by atoms with van der Waals surface area (Å²) in [6.07, 6.45) is 0. The first-order valence-corrected chi connectivity index (χ1v) is 8.63. The van der Waals surface area contributed by atoms with E-state index in [-0.39, 0.29) is 10.6 Å². The molecule has 2 aromatic carbocycles. The van der Waals surface area contributed by atoms with Gasteiger partial charge >= 0.3 is 0 Å². The van der Waals surface area contributed by atoms with E-state index >= 15 is 0 Å². The van der Waals surface area contributed by atoms with Crippen LogP contribution >= 0.6 is 11.6 Å². The zero-order chi connectivity index (χ0) is 18.6. The molecular formula is C15H14ClFN2O5S. The quantitative estimate of drug-likeness (QED) is 0.739. The van der Waals surface area contributed by atoms with E-state index in [0.29, 0.717) is 11.5 Å². The van der Waals surface area contributed by atoms with E-state index in [1.165, 1.54) is 32.4 Å². The minimum atomic E-state index is -4.32. The zero-order valence-corrected chi connectivity index (χ0v) is 14.7. The van der Waals surface area contributed by atoms with Crippen LogP contribution in [-0.2, 0) is 10.0 Å². The number of hydrazine groups is 1. The van der Waals surface area contributed by atoms with Crippen molar-refractivity contribution in [3.05, 3.63) is 52.8 Å². The van der Waals surface area contributed by atoms with Crippen molar-refractivity contribution in [1.29, 1.82) is 0 Å². The Balaban J connectivity index is 2.19. The van der Waals surface area contributed by atoms with Crippen molar-refractivity contribution in [1.82, 2.24) is 10.3 Å². The second-order valence-corrected chi connectivity index (χ2v) is 6.82. The number of hydrogen-bond donors (Lipinski definition) is 2. The van der Waals surface area contributed by atoms with E-state index in [0.717, 1.165) is 12.1 Å². The van der Waals surface area contributed by atoms with E-state index in [2.05, 4.69) is 0 Å². The Morgan fingerprint density at radius 2 is 1.68 bits per heavy atom. The monoisotopic (exact) mass is 388 g/mol. The summed E-state index contributed by atoms with van der Waals surface area (Å²) in [6.45, 7) is 0. The number of rotatable bonds is 6. The first-order chi connectivity index (χ1) is 11.8. The molecule has 0 spiro atoms. The maximum atomic E-state index is 13.7. The second kappa shape index (κ2) is 7.68. The fourth-order valence-electron chi connectivity index (χ4n) is 1.87. The average molecular weight is 389 g/mol. The van der Waals surface area contributed by atoms with Crippen LogP contribution in [0.15, 0.2) is 41.3 Å². The van der Waals surface area contributed by atoms with Gasteiger partial charge in [-0.05, 0) is 30.3 Å². The third-order valence-electron chi connectivity index (χ3n) is 3.10. The van der Waals surface area contributed by atoms with E-state index in [1.54, 1.807) is 6.07 Å². The number of carbonyl (C=O) groups excluding carboxylic acids is 1. The van der Waals surface area contributed by atoms with Crippen LogP contribution in [0, 0.1) is 5.82 Å². The van der Waals surface area contributed by atoms with Gasteiger partial charge < -0.3 is 9.47 Å². The van der Waals surface area contributed by atoms with E-state index in [4.69, 9.17) is 21.1 Å². The molecule has 25 heavy (non-hydrogen) atoms. The number of nitrogens with one attached hydrogen (secondary N) is 2. The number of amides is 1. The number of halogens is 2. The van der Waals surface area contributed by atoms with Crippen LogP contribution in [0.2, 0.25) is 5.02 Å². The molecule has 2 N–H and O–H groups in total. The molecule has 0 heterocycles. The number of benzene rings is 2. The summed E-state index contributed by atoms with van der Waals surface area (Å²) in [4.78, 5) is 13.3. The van der Waals surface area contributed by atoms with Gasteiger partial charge in [0.05, 0.1) is 14.2 Å². The van der Waals surface area contributed by atoms with Gasteiger partial charge in [-0.15, -0.1) is 4.83 Å². The summed E-state index contributed by atoms with van der Waals surface area (Å²) in [5.74, 6) is -1.14. The first kappa shape index (κ1) is 19.0. The number of hydrogen-bond acceptors (Lipinski definition) is 5. The Hall–Kier alpha value is -2.36. The lowest BCUT2D eigenvalue weighted by molar-refractivity contribution is 0.0944. The third-order valence-corrected chi connectivity index (χ3v) is 4.61. The highest BCUT2D eigenvalue weighted by Crippen LogP contribution is 2.22. The van der Waals surface area contributed by atoms with Crippen molar-refractivity contribution in [2.24, 2.45) is 0 Å². The van der Waals surface area contributed by atoms with Crippen molar-refractivity contribution in [3.63, 3.8) is 0 Å². The van der Waals surface area contributed by atoms with Crippen molar-refractivity contribution >= 4 is 27.5 Å². The summed E-state index contributed by atoms with van der Waals surface area (Å²) in [6, 6.07) is 7.37. The summed E-state index contributed by atoms with van der Waals surface area (Å²) in [5.41, 5.74) is 2.07. The molecular weight excluding hydrogens is 375 g/mol. The molecule has 0 radical (unpaired) electrons. The Kier molecular flexibility index (Phi) is 5.83. The van der Waals surface area contributed by atoms with Crippen molar-refractivity contribution in [2.75, 3.05) is 14.2 Å². The molecule has 0 unspecified atom stereocenters. The molecule has 0 aliphatic rings. The van der Waals surface area contributed by atoms with Gasteiger partial charge in [-0.3, -0.25) is 10.2 Å². The van der Waals surface area contributed by atoms with E-state index < -0.39 is 26.6 Å². The topological polar surface area (TPSA) is 93.7 Å². The zero-order valence-electron chi connectivity index (χ0n) is 13.2. The van der Waals surface area contributed by atoms with Crippen molar-refractivity contribution in [2.45, 2.75) is 4.90 Å². The largest absolute Gasteiger partial charge is 0.497 e. The lowest BCUT2D eigenvalue weighted by Gasteiger charge is -2.11. The maximum Gasteiger partial charge on any atom is 0.266 e. The SMILES string of the molecule is COc1cc(OC)cc(C(=O)NNS(=O)(=O)c2ccc(Cl)cc2F)c1. The van der Waals surface area contributed by atoms with Crippen LogP contribution in [0.4, 0.5) is 4.39 Å². The molecule has 0 bridgehead atoms. The van der Waals surface area contributed by atoms with Gasteiger partial charge in [-0.2, -0.15) is 0 Å². The Morgan fingerprint density at radius 3 is 2.20 bits per heavy atom. The third kappa shape index (κ3) is 4.59. The highest BCUT2D eigenvalue weighted by atomic mass is 35.5. The predicted molar refractivity (Wildman–Crippen MR) is 88.7 cm³/mol. The highest BCUT2D eigenvalue weighted by Gasteiger charge is 2.20. The normalized spacial score (nSPS) is 11.0. The van der Waals surface area contributed by atoms with Crippen LogP contribution in [0.5, 0.6) is 11.5 Å². The van der Waals surface area contributed by atoms with Gasteiger partial charge in [0.25, 0.3) is 15.9 Å². The standard InChI is InChI=1S/C15H14ClFN2O5S/c1-23-11-5-9(6-12(8-11)24-2)15(20)18-19-25(21,22)14-4-3-10(16)7-13(14)17/h3-8,19H,1-2H3,(H,18,20). The molecule has 0 saturated carbocycles. The molecule has 2 rings (SSSR count). The Bertz CT molecular complexity index is 883. The van der Waals surface area contributed by atoms with E-state index in [9.17, 15) is 17.6 Å². The lowest BCUT2D eigenvalue weighted by Crippen LogP contribution is -2.41. The summed E-state index contributed by atoms with van der Waals surface area (Å²) in [7, 11) is -1.51. The minimum Gasteiger partial charge on any atom is -0.497 e. The van der Waals surface area contributed by atoms with Gasteiger partial charge in [-0.25, -0.2) is 12.8 Å². The van der Waals surface area contributed by atoms with Gasteiger partial charge in [0, 0.05) is 16.7 Å². The predicted octanol–water partition coefficient (Wildman–Crippen LogP) is 2.12. The summed E-state index contributed by atoms with van der Waals surface area (Å²) in [5, 5.41) is 0.0453. The fourth-order valence-corrected chi connectivity index (χ4v) is 2.93. The smallest absolute Gasteiger partial charge is 0.266 e. The van der Waals surface area contributed by atoms with Crippen LogP contribution < -0.4 is 19.7 Å². The van der Waals surface area contributed by atoms with E-state index in [1.807, 2.05) is 10.3 Å². The van der Waals surface area contributed by atoms with Crippen LogP contribution in [0.25, 0.3) is 0 Å². The summed E-state index contributed by atoms with van der Waals surface area (Å²) >= 11 is 5.58. The molecule has 0 saturated heterocycles. The number of sulfonamides is 1. The molecule has 0 atom stereocenters. The van der Waals surface area contributed by atoms with Crippen molar-refractivity contribution < 1.29 is 27.1 Å². The Morgan fingerprint density at radius 1 is 1.08 bits per heavy atom. The minimum absolute atomic E-state index is 0.0453. The number of carbonyl (C=O) groups is 1. The molecule has 0 aliphatic heterocycles. The first-order valence-electron chi connectivity index (χ1n) is 6.77. The van der Waals surface area contributed by atoms with Gasteiger partial charge in [0.1, 0.15) is 22.2 Å².